The van der Waals surface area contributed by atoms with Crippen LogP contribution in [0.25, 0.3) is 0 Å². The third-order valence-electron chi connectivity index (χ3n) is 3.43. The van der Waals surface area contributed by atoms with Crippen molar-refractivity contribution in [3.8, 4) is 11.5 Å². The van der Waals surface area contributed by atoms with Gasteiger partial charge < -0.3 is 14.8 Å². The van der Waals surface area contributed by atoms with Crippen LogP contribution in [0.5, 0.6) is 11.5 Å². The van der Waals surface area contributed by atoms with Gasteiger partial charge in [0.15, 0.2) is 11.5 Å². The summed E-state index contributed by atoms with van der Waals surface area (Å²) in [4.78, 5) is 0. The molecule has 1 unspecified atom stereocenters. The van der Waals surface area contributed by atoms with Crippen LogP contribution in [-0.2, 0) is 6.42 Å². The van der Waals surface area contributed by atoms with E-state index in [0.29, 0.717) is 6.04 Å². The van der Waals surface area contributed by atoms with Gasteiger partial charge in [-0.15, -0.1) is 0 Å². The Kier molecular flexibility index (Phi) is 4.89. The molecule has 0 aliphatic carbocycles. The molecule has 1 atom stereocenters. The molecule has 0 saturated carbocycles. The number of hydrogen-bond donors (Lipinski definition) is 1. The molecule has 1 saturated heterocycles. The number of rotatable bonds is 4. The highest BCUT2D eigenvalue weighted by molar-refractivity contribution is 9.10. The summed E-state index contributed by atoms with van der Waals surface area (Å²) in [7, 11) is 3.33. The number of hydrogen-bond acceptors (Lipinski definition) is 3. The van der Waals surface area contributed by atoms with Crippen molar-refractivity contribution in [2.24, 2.45) is 0 Å². The Morgan fingerprint density at radius 1 is 1.22 bits per heavy atom. The van der Waals surface area contributed by atoms with Gasteiger partial charge in [-0.25, -0.2) is 0 Å². The maximum Gasteiger partial charge on any atom is 0.161 e. The van der Waals surface area contributed by atoms with E-state index in [1.54, 1.807) is 14.2 Å². The first-order chi connectivity index (χ1) is 8.74. The van der Waals surface area contributed by atoms with Gasteiger partial charge in [-0.05, 0) is 43.5 Å². The van der Waals surface area contributed by atoms with Crippen LogP contribution in [0.2, 0.25) is 0 Å². The van der Waals surface area contributed by atoms with E-state index in [1.807, 2.05) is 6.07 Å². The van der Waals surface area contributed by atoms with Gasteiger partial charge >= 0.3 is 0 Å². The summed E-state index contributed by atoms with van der Waals surface area (Å²) in [5.41, 5.74) is 1.27. The minimum Gasteiger partial charge on any atom is -0.493 e. The lowest BCUT2D eigenvalue weighted by Crippen LogP contribution is -2.35. The molecule has 1 aromatic rings. The molecular formula is C14H20BrNO2. The smallest absolute Gasteiger partial charge is 0.161 e. The molecule has 0 amide bonds. The summed E-state index contributed by atoms with van der Waals surface area (Å²) < 4.78 is 11.7. The van der Waals surface area contributed by atoms with E-state index in [1.165, 1.54) is 24.8 Å². The molecule has 0 radical (unpaired) electrons. The van der Waals surface area contributed by atoms with Crippen LogP contribution in [0.15, 0.2) is 16.6 Å². The summed E-state index contributed by atoms with van der Waals surface area (Å²) in [6, 6.07) is 4.63. The van der Waals surface area contributed by atoms with Crippen molar-refractivity contribution in [2.75, 3.05) is 20.8 Å². The fraction of sp³-hybridized carbons (Fsp3) is 0.571. The van der Waals surface area contributed by atoms with Crippen molar-refractivity contribution in [3.63, 3.8) is 0 Å². The van der Waals surface area contributed by atoms with Crippen molar-refractivity contribution >= 4 is 15.9 Å². The van der Waals surface area contributed by atoms with Crippen LogP contribution in [0.4, 0.5) is 0 Å². The number of halogens is 1. The highest BCUT2D eigenvalue weighted by Crippen LogP contribution is 2.34. The Morgan fingerprint density at radius 2 is 1.94 bits per heavy atom. The molecule has 1 N–H and O–H groups in total. The van der Waals surface area contributed by atoms with Gasteiger partial charge in [0, 0.05) is 10.5 Å². The van der Waals surface area contributed by atoms with Gasteiger partial charge in [0.2, 0.25) is 0 Å². The van der Waals surface area contributed by atoms with Crippen molar-refractivity contribution in [1.82, 2.24) is 5.32 Å². The van der Waals surface area contributed by atoms with Gasteiger partial charge in [-0.2, -0.15) is 0 Å². The maximum atomic E-state index is 5.35. The SMILES string of the molecule is COc1cc(Br)c(CC2CCCCN2)cc1OC. The number of nitrogens with one attached hydrogen (secondary N) is 1. The summed E-state index contributed by atoms with van der Waals surface area (Å²) in [6.07, 6.45) is 4.90. The van der Waals surface area contributed by atoms with E-state index in [-0.39, 0.29) is 0 Å². The molecular weight excluding hydrogens is 294 g/mol. The standard InChI is InChI=1S/C14H20BrNO2/c1-17-13-8-10(12(15)9-14(13)18-2)7-11-5-3-4-6-16-11/h8-9,11,16H,3-7H2,1-2H3. The topological polar surface area (TPSA) is 30.5 Å². The van der Waals surface area contributed by atoms with Gasteiger partial charge in [-0.3, -0.25) is 0 Å². The van der Waals surface area contributed by atoms with E-state index in [9.17, 15) is 0 Å². The molecule has 18 heavy (non-hydrogen) atoms. The van der Waals surface area contributed by atoms with Crippen LogP contribution in [-0.4, -0.2) is 26.8 Å². The molecule has 1 aromatic carbocycles. The highest BCUT2D eigenvalue weighted by atomic mass is 79.9. The zero-order valence-corrected chi connectivity index (χ0v) is 12.5. The number of benzene rings is 1. The van der Waals surface area contributed by atoms with E-state index in [4.69, 9.17) is 9.47 Å². The van der Waals surface area contributed by atoms with E-state index in [0.717, 1.165) is 28.9 Å². The molecule has 0 bridgehead atoms. The number of methoxy groups -OCH3 is 2. The summed E-state index contributed by atoms with van der Waals surface area (Å²) in [5, 5.41) is 3.57. The highest BCUT2D eigenvalue weighted by Gasteiger charge is 2.16. The van der Waals surface area contributed by atoms with E-state index >= 15 is 0 Å². The predicted molar refractivity (Wildman–Crippen MR) is 76.6 cm³/mol. The van der Waals surface area contributed by atoms with E-state index < -0.39 is 0 Å². The summed E-state index contributed by atoms with van der Waals surface area (Å²) in [6.45, 7) is 1.13. The quantitative estimate of drug-likeness (QED) is 0.926. The first-order valence-corrected chi connectivity index (χ1v) is 7.17. The fourth-order valence-electron chi connectivity index (χ4n) is 2.42. The van der Waals surface area contributed by atoms with E-state index in [2.05, 4.69) is 27.3 Å². The lowest BCUT2D eigenvalue weighted by Gasteiger charge is -2.24. The lowest BCUT2D eigenvalue weighted by molar-refractivity contribution is 0.353. The number of piperidine rings is 1. The zero-order valence-electron chi connectivity index (χ0n) is 11.0. The molecule has 1 aliphatic heterocycles. The van der Waals surface area contributed by atoms with Gasteiger partial charge in [-0.1, -0.05) is 22.4 Å². The third kappa shape index (κ3) is 3.18. The van der Waals surface area contributed by atoms with Crippen molar-refractivity contribution in [2.45, 2.75) is 31.7 Å². The monoisotopic (exact) mass is 313 g/mol. The zero-order chi connectivity index (χ0) is 13.0. The van der Waals surface area contributed by atoms with Crippen LogP contribution >= 0.6 is 15.9 Å². The van der Waals surface area contributed by atoms with Crippen molar-refractivity contribution in [1.29, 1.82) is 0 Å². The third-order valence-corrected chi connectivity index (χ3v) is 4.17. The Morgan fingerprint density at radius 3 is 2.56 bits per heavy atom. The van der Waals surface area contributed by atoms with Crippen LogP contribution in [0.1, 0.15) is 24.8 Å². The van der Waals surface area contributed by atoms with Crippen molar-refractivity contribution in [3.05, 3.63) is 22.2 Å². The van der Waals surface area contributed by atoms with Crippen LogP contribution in [0.3, 0.4) is 0 Å². The second kappa shape index (κ2) is 6.43. The maximum absolute atomic E-state index is 5.35. The largest absolute Gasteiger partial charge is 0.493 e. The molecule has 4 heteroatoms. The number of ether oxygens (including phenoxy) is 2. The molecule has 100 valence electrons. The second-order valence-corrected chi connectivity index (χ2v) is 5.50. The minimum atomic E-state index is 0.577. The van der Waals surface area contributed by atoms with Crippen molar-refractivity contribution < 1.29 is 9.47 Å². The fourth-order valence-corrected chi connectivity index (χ4v) is 2.90. The van der Waals surface area contributed by atoms with Crippen LogP contribution in [0, 0.1) is 0 Å². The molecule has 2 rings (SSSR count). The first-order valence-electron chi connectivity index (χ1n) is 6.38. The molecule has 1 fully saturated rings. The Labute approximate surface area is 117 Å². The molecule has 1 heterocycles. The average Bonchev–Trinajstić information content (AvgIpc) is 2.41. The Hall–Kier alpha value is -0.740. The molecule has 1 aliphatic rings. The molecule has 0 aromatic heterocycles. The average molecular weight is 314 g/mol. The first kappa shape index (κ1) is 13.7. The predicted octanol–water partition coefficient (Wildman–Crippen LogP) is 3.15. The van der Waals surface area contributed by atoms with Gasteiger partial charge in [0.1, 0.15) is 0 Å². The lowest BCUT2D eigenvalue weighted by atomic mass is 9.97. The summed E-state index contributed by atoms with van der Waals surface area (Å²) >= 11 is 3.61. The molecule has 0 spiro atoms. The van der Waals surface area contributed by atoms with Gasteiger partial charge in [0.05, 0.1) is 14.2 Å². The normalized spacial score (nSPS) is 19.6. The Bertz CT molecular complexity index is 403. The summed E-state index contributed by atoms with van der Waals surface area (Å²) in [5.74, 6) is 1.57. The van der Waals surface area contributed by atoms with Gasteiger partial charge in [0.25, 0.3) is 0 Å². The van der Waals surface area contributed by atoms with Crippen LogP contribution < -0.4 is 14.8 Å². The minimum absolute atomic E-state index is 0.577. The Balaban J connectivity index is 2.16. The second-order valence-electron chi connectivity index (χ2n) is 4.65. The molecule has 3 nitrogen and oxygen atoms in total.